The van der Waals surface area contributed by atoms with E-state index < -0.39 is 17.2 Å². The van der Waals surface area contributed by atoms with Gasteiger partial charge in [-0.3, -0.25) is 0 Å². The number of fused-ring (bicyclic) bond motifs is 2. The number of carbonyl (C=O) groups excluding carboxylic acids is 1. The first-order valence-corrected chi connectivity index (χ1v) is 13.5. The number of ether oxygens (including phenoxy) is 2. The van der Waals surface area contributed by atoms with E-state index in [2.05, 4.69) is 20.4 Å². The number of rotatable bonds is 7. The summed E-state index contributed by atoms with van der Waals surface area (Å²) in [5.41, 5.74) is -0.813. The van der Waals surface area contributed by atoms with Gasteiger partial charge in [-0.15, -0.1) is 0 Å². The number of aromatic nitrogens is 4. The summed E-state index contributed by atoms with van der Waals surface area (Å²) in [5, 5.41) is 7.35. The standard InChI is InChI=1S/C27H33ClF2N6O3/c1-13(2)14(3)33-24-22(23(28)34-25-31-12-32-36(24)25)21-19(29)7-15(8-20(21)30)38-11-18-16-9-35(10-17(16)18)26(37)39-27(4,5)6/h7-8,12-14,16-18,33H,9-11H2,1-6H3/t14-,16-,17+,18?/m1/s1. The molecule has 3 aromatic rings. The van der Waals surface area contributed by atoms with Gasteiger partial charge in [0.15, 0.2) is 0 Å². The summed E-state index contributed by atoms with van der Waals surface area (Å²) in [6.07, 6.45) is 0.986. The summed E-state index contributed by atoms with van der Waals surface area (Å²) in [4.78, 5) is 22.3. The van der Waals surface area contributed by atoms with Gasteiger partial charge in [0.1, 0.15) is 40.3 Å². The summed E-state index contributed by atoms with van der Waals surface area (Å²) in [7, 11) is 0. The van der Waals surface area contributed by atoms with Crippen LogP contribution in [0.5, 0.6) is 5.75 Å². The molecule has 0 spiro atoms. The lowest BCUT2D eigenvalue weighted by molar-refractivity contribution is 0.0260. The summed E-state index contributed by atoms with van der Waals surface area (Å²) in [5.74, 6) is -0.0498. The molecule has 2 aliphatic rings. The van der Waals surface area contributed by atoms with Crippen LogP contribution in [0.15, 0.2) is 18.5 Å². The number of hydrogen-bond acceptors (Lipinski definition) is 7. The zero-order valence-electron chi connectivity index (χ0n) is 22.8. The molecule has 1 saturated carbocycles. The molecule has 1 unspecified atom stereocenters. The first-order chi connectivity index (χ1) is 18.3. The van der Waals surface area contributed by atoms with Crippen LogP contribution >= 0.6 is 11.6 Å². The van der Waals surface area contributed by atoms with Crippen LogP contribution in [-0.2, 0) is 4.74 Å². The molecular formula is C27H33ClF2N6O3. The molecule has 5 rings (SSSR count). The number of nitrogens with zero attached hydrogens (tertiary/aromatic N) is 5. The number of nitrogens with one attached hydrogen (secondary N) is 1. The highest BCUT2D eigenvalue weighted by Crippen LogP contribution is 2.52. The van der Waals surface area contributed by atoms with Crippen LogP contribution in [0.4, 0.5) is 19.4 Å². The Kier molecular flexibility index (Phi) is 7.07. The third-order valence-electron chi connectivity index (χ3n) is 7.48. The van der Waals surface area contributed by atoms with Crippen LogP contribution in [-0.4, -0.2) is 61.9 Å². The molecule has 4 atom stereocenters. The zero-order valence-corrected chi connectivity index (χ0v) is 23.6. The maximum Gasteiger partial charge on any atom is 0.410 e. The van der Waals surface area contributed by atoms with Crippen molar-refractivity contribution < 1.29 is 23.0 Å². The molecule has 3 heterocycles. The SMILES string of the molecule is CC(C)[C@@H](C)Nc1c(-c2c(F)cc(OCC3[C@H]4CN(C(=O)OC(C)(C)C)C[C@@H]34)cc2F)c(Cl)nc2ncnn12. The molecule has 39 heavy (non-hydrogen) atoms. The van der Waals surface area contributed by atoms with Crippen LogP contribution in [0, 0.1) is 35.3 Å². The number of benzene rings is 1. The van der Waals surface area contributed by atoms with Crippen molar-refractivity contribution in [2.45, 2.75) is 53.2 Å². The lowest BCUT2D eigenvalue weighted by atomic mass is 10.0. The Morgan fingerprint density at radius 3 is 2.38 bits per heavy atom. The predicted molar refractivity (Wildman–Crippen MR) is 143 cm³/mol. The number of hydrogen-bond donors (Lipinski definition) is 1. The lowest BCUT2D eigenvalue weighted by Gasteiger charge is -2.26. The Labute approximate surface area is 230 Å². The molecule has 1 amide bonds. The number of amides is 1. The largest absolute Gasteiger partial charge is 0.493 e. The molecule has 1 N–H and O–H groups in total. The van der Waals surface area contributed by atoms with E-state index in [4.69, 9.17) is 21.1 Å². The van der Waals surface area contributed by atoms with E-state index in [1.807, 2.05) is 41.5 Å². The van der Waals surface area contributed by atoms with Gasteiger partial charge in [0.25, 0.3) is 5.78 Å². The van der Waals surface area contributed by atoms with Crippen LogP contribution < -0.4 is 10.1 Å². The van der Waals surface area contributed by atoms with Gasteiger partial charge in [0.05, 0.1) is 17.7 Å². The average Bonchev–Trinajstić information content (AvgIpc) is 3.16. The maximum atomic E-state index is 15.5. The maximum absolute atomic E-state index is 15.5. The molecule has 1 aliphatic heterocycles. The Bertz CT molecular complexity index is 1370. The van der Waals surface area contributed by atoms with Crippen molar-refractivity contribution in [1.82, 2.24) is 24.5 Å². The second-order valence-electron chi connectivity index (χ2n) is 11.7. The molecule has 2 fully saturated rings. The van der Waals surface area contributed by atoms with Gasteiger partial charge < -0.3 is 19.7 Å². The van der Waals surface area contributed by atoms with E-state index >= 15 is 8.78 Å². The molecule has 12 heteroatoms. The Morgan fingerprint density at radius 1 is 1.15 bits per heavy atom. The highest BCUT2D eigenvalue weighted by molar-refractivity contribution is 6.33. The topological polar surface area (TPSA) is 93.9 Å². The van der Waals surface area contributed by atoms with Gasteiger partial charge in [-0.2, -0.15) is 19.6 Å². The fraction of sp³-hybridized carbons (Fsp3) is 0.556. The molecule has 1 aliphatic carbocycles. The fourth-order valence-corrected chi connectivity index (χ4v) is 5.25. The number of anilines is 1. The Balaban J connectivity index is 1.32. The number of carbonyl (C=O) groups is 1. The van der Waals surface area contributed by atoms with Crippen molar-refractivity contribution in [3.8, 4) is 16.9 Å². The Hall–Kier alpha value is -3.21. The normalized spacial score (nSPS) is 21.3. The van der Waals surface area contributed by atoms with Crippen molar-refractivity contribution in [3.05, 3.63) is 35.2 Å². The smallest absolute Gasteiger partial charge is 0.410 e. The van der Waals surface area contributed by atoms with Gasteiger partial charge in [0, 0.05) is 37.2 Å². The quantitative estimate of drug-likeness (QED) is 0.371. The van der Waals surface area contributed by atoms with E-state index in [1.165, 1.54) is 10.8 Å². The van der Waals surface area contributed by atoms with E-state index in [9.17, 15) is 4.79 Å². The molecule has 9 nitrogen and oxygen atoms in total. The van der Waals surface area contributed by atoms with Crippen molar-refractivity contribution in [2.24, 2.45) is 23.7 Å². The molecular weight excluding hydrogens is 530 g/mol. The van der Waals surface area contributed by atoms with Gasteiger partial charge in [0.2, 0.25) is 0 Å². The van der Waals surface area contributed by atoms with E-state index in [0.717, 1.165) is 12.1 Å². The minimum Gasteiger partial charge on any atom is -0.493 e. The molecule has 2 aromatic heterocycles. The van der Waals surface area contributed by atoms with Gasteiger partial charge in [-0.05, 0) is 45.4 Å². The molecule has 1 saturated heterocycles. The summed E-state index contributed by atoms with van der Waals surface area (Å²) in [6.45, 7) is 13.0. The van der Waals surface area contributed by atoms with Crippen molar-refractivity contribution in [2.75, 3.05) is 25.0 Å². The average molecular weight is 563 g/mol. The minimum absolute atomic E-state index is 0.0580. The van der Waals surface area contributed by atoms with Gasteiger partial charge in [-0.25, -0.2) is 13.6 Å². The summed E-state index contributed by atoms with van der Waals surface area (Å²) < 4.78 is 43.6. The first kappa shape index (κ1) is 27.4. The van der Waals surface area contributed by atoms with Crippen molar-refractivity contribution in [1.29, 1.82) is 0 Å². The highest BCUT2D eigenvalue weighted by atomic mass is 35.5. The van der Waals surface area contributed by atoms with E-state index in [1.54, 1.807) is 4.90 Å². The third kappa shape index (κ3) is 5.46. The molecule has 0 bridgehead atoms. The number of piperidine rings is 1. The predicted octanol–water partition coefficient (Wildman–Crippen LogP) is 5.67. The number of likely N-dealkylation sites (tertiary alicyclic amines) is 1. The van der Waals surface area contributed by atoms with Crippen LogP contribution in [0.3, 0.4) is 0 Å². The van der Waals surface area contributed by atoms with Crippen molar-refractivity contribution in [3.63, 3.8) is 0 Å². The number of halogens is 3. The minimum atomic E-state index is -0.833. The summed E-state index contributed by atoms with van der Waals surface area (Å²) in [6, 6.07) is 2.25. The van der Waals surface area contributed by atoms with E-state index in [-0.39, 0.29) is 51.8 Å². The summed E-state index contributed by atoms with van der Waals surface area (Å²) >= 11 is 6.45. The monoisotopic (exact) mass is 562 g/mol. The fourth-order valence-electron chi connectivity index (χ4n) is 4.99. The van der Waals surface area contributed by atoms with Crippen LogP contribution in [0.25, 0.3) is 16.9 Å². The second kappa shape index (κ2) is 10.1. The molecule has 210 valence electrons. The van der Waals surface area contributed by atoms with Crippen LogP contribution in [0.1, 0.15) is 41.5 Å². The van der Waals surface area contributed by atoms with Crippen molar-refractivity contribution >= 4 is 29.3 Å². The van der Waals surface area contributed by atoms with Gasteiger partial charge >= 0.3 is 6.09 Å². The van der Waals surface area contributed by atoms with Gasteiger partial charge in [-0.1, -0.05) is 25.4 Å². The third-order valence-corrected chi connectivity index (χ3v) is 7.75. The van der Waals surface area contributed by atoms with E-state index in [0.29, 0.717) is 37.4 Å². The second-order valence-corrected chi connectivity index (χ2v) is 12.1. The van der Waals surface area contributed by atoms with Crippen LogP contribution in [0.2, 0.25) is 5.15 Å². The highest BCUT2D eigenvalue weighted by Gasteiger charge is 2.57. The zero-order chi connectivity index (χ0) is 28.2. The molecule has 1 aromatic carbocycles. The Morgan fingerprint density at radius 2 is 1.79 bits per heavy atom. The first-order valence-electron chi connectivity index (χ1n) is 13.1. The lowest BCUT2D eigenvalue weighted by Crippen LogP contribution is -2.37. The molecule has 0 radical (unpaired) electrons.